The van der Waals surface area contributed by atoms with E-state index in [0.29, 0.717) is 17.9 Å². The molecule has 3 aliphatic rings. The number of rotatable bonds is 1. The van der Waals surface area contributed by atoms with Gasteiger partial charge in [-0.15, -0.1) is 0 Å². The van der Waals surface area contributed by atoms with E-state index in [1.807, 2.05) is 27.7 Å². The molecule has 0 spiro atoms. The van der Waals surface area contributed by atoms with Gasteiger partial charge in [-0.25, -0.2) is 4.79 Å². The molecule has 2 aliphatic carbocycles. The van der Waals surface area contributed by atoms with Crippen LogP contribution in [0, 0.1) is 5.41 Å². The van der Waals surface area contributed by atoms with E-state index in [1.54, 1.807) is 0 Å². The van der Waals surface area contributed by atoms with Crippen molar-refractivity contribution < 1.29 is 14.3 Å². The summed E-state index contributed by atoms with van der Waals surface area (Å²) in [5, 5.41) is 0. The van der Waals surface area contributed by atoms with Gasteiger partial charge < -0.3 is 4.74 Å². The van der Waals surface area contributed by atoms with Crippen molar-refractivity contribution in [3.63, 3.8) is 0 Å². The van der Waals surface area contributed by atoms with Crippen LogP contribution >= 0.6 is 0 Å². The number of ether oxygens (including phenoxy) is 1. The van der Waals surface area contributed by atoms with Gasteiger partial charge in [0.25, 0.3) is 0 Å². The molecule has 132 valence electrons. The summed E-state index contributed by atoms with van der Waals surface area (Å²) in [5.41, 5.74) is 3.86. The number of Topliss-reactive ketones (excluding diaryl/α,β-unsaturated/α-hetero) is 1. The smallest absolute Gasteiger partial charge is 0.340 e. The standard InChI is InChI=1S/C16H17NO3.2C2H6/c1-16(2)5-9-13(11(18)6-16)12(8-3-4-8)14-10(17-9)7-20-15(14)19;2*1-2/h8H,3-7H2,1-2H3;2*1-2H3. The van der Waals surface area contributed by atoms with Crippen LogP contribution in [0.3, 0.4) is 0 Å². The lowest BCUT2D eigenvalue weighted by Crippen LogP contribution is -2.30. The Hall–Kier alpha value is -1.71. The molecule has 0 radical (unpaired) electrons. The Labute approximate surface area is 145 Å². The second kappa shape index (κ2) is 7.04. The Kier molecular flexibility index (Phi) is 5.46. The van der Waals surface area contributed by atoms with Gasteiger partial charge in [0.05, 0.1) is 17.0 Å². The number of hydrogen-bond donors (Lipinski definition) is 0. The van der Waals surface area contributed by atoms with Gasteiger partial charge >= 0.3 is 5.97 Å². The molecule has 24 heavy (non-hydrogen) atoms. The number of fused-ring (bicyclic) bond motifs is 2. The highest BCUT2D eigenvalue weighted by molar-refractivity contribution is 6.05. The van der Waals surface area contributed by atoms with E-state index in [-0.39, 0.29) is 23.8 Å². The van der Waals surface area contributed by atoms with Crippen LogP contribution in [0.15, 0.2) is 0 Å². The van der Waals surface area contributed by atoms with Gasteiger partial charge in [-0.1, -0.05) is 41.5 Å². The average molecular weight is 331 g/mol. The number of hydrogen-bond acceptors (Lipinski definition) is 4. The first-order chi connectivity index (χ1) is 11.5. The first kappa shape index (κ1) is 18.6. The molecule has 1 aromatic rings. The predicted octanol–water partition coefficient (Wildman–Crippen LogP) is 4.84. The van der Waals surface area contributed by atoms with Gasteiger partial charge in [0.2, 0.25) is 0 Å². The summed E-state index contributed by atoms with van der Waals surface area (Å²) in [6.45, 7) is 12.5. The van der Waals surface area contributed by atoms with Crippen molar-refractivity contribution in [1.82, 2.24) is 4.98 Å². The minimum atomic E-state index is -0.296. The topological polar surface area (TPSA) is 56.3 Å². The third kappa shape index (κ3) is 3.24. The molecule has 0 amide bonds. The molecule has 0 N–H and O–H groups in total. The van der Waals surface area contributed by atoms with Crippen molar-refractivity contribution in [3.8, 4) is 0 Å². The van der Waals surface area contributed by atoms with E-state index in [2.05, 4.69) is 18.8 Å². The summed E-state index contributed by atoms with van der Waals surface area (Å²) in [6, 6.07) is 0. The van der Waals surface area contributed by atoms with E-state index in [1.165, 1.54) is 0 Å². The molecule has 1 aliphatic heterocycles. The molecule has 0 aromatic carbocycles. The number of esters is 1. The molecule has 0 saturated heterocycles. The normalized spacial score (nSPS) is 19.9. The quantitative estimate of drug-likeness (QED) is 0.691. The molecule has 4 heteroatoms. The highest BCUT2D eigenvalue weighted by Crippen LogP contribution is 2.48. The summed E-state index contributed by atoms with van der Waals surface area (Å²) in [5.74, 6) is 0.208. The number of cyclic esters (lactones) is 1. The third-order valence-corrected chi connectivity index (χ3v) is 4.48. The molecule has 4 rings (SSSR count). The van der Waals surface area contributed by atoms with Gasteiger partial charge in [0, 0.05) is 12.0 Å². The van der Waals surface area contributed by atoms with Crippen molar-refractivity contribution >= 4 is 11.8 Å². The van der Waals surface area contributed by atoms with Crippen LogP contribution in [0.2, 0.25) is 0 Å². The van der Waals surface area contributed by atoms with Crippen molar-refractivity contribution in [3.05, 3.63) is 28.1 Å². The van der Waals surface area contributed by atoms with Crippen molar-refractivity contribution in [1.29, 1.82) is 0 Å². The molecular formula is C20H29NO3. The number of pyridine rings is 1. The lowest BCUT2D eigenvalue weighted by Gasteiger charge is -2.31. The zero-order valence-electron chi connectivity index (χ0n) is 15.8. The zero-order chi connectivity index (χ0) is 18.1. The maximum Gasteiger partial charge on any atom is 0.340 e. The molecule has 4 nitrogen and oxygen atoms in total. The van der Waals surface area contributed by atoms with Crippen molar-refractivity contribution in [2.75, 3.05) is 0 Å². The Morgan fingerprint density at radius 3 is 2.17 bits per heavy atom. The fourth-order valence-electron chi connectivity index (χ4n) is 3.51. The predicted molar refractivity (Wildman–Crippen MR) is 94.5 cm³/mol. The van der Waals surface area contributed by atoms with Gasteiger partial charge in [-0.05, 0) is 36.2 Å². The number of carbonyl (C=O) groups excluding carboxylic acids is 2. The number of carbonyl (C=O) groups is 2. The van der Waals surface area contributed by atoms with E-state index in [4.69, 9.17) is 4.74 Å². The SMILES string of the molecule is CC.CC.CC1(C)CC(=O)c2c(nc3c(c2C2CC2)C(=O)OC3)C1. The summed E-state index contributed by atoms with van der Waals surface area (Å²) in [4.78, 5) is 29.1. The Morgan fingerprint density at radius 2 is 1.58 bits per heavy atom. The summed E-state index contributed by atoms with van der Waals surface area (Å²) in [7, 11) is 0. The van der Waals surface area contributed by atoms with E-state index >= 15 is 0 Å². The van der Waals surface area contributed by atoms with E-state index in [0.717, 1.165) is 41.8 Å². The molecule has 0 bridgehead atoms. The largest absolute Gasteiger partial charge is 0.455 e. The summed E-state index contributed by atoms with van der Waals surface area (Å²) >= 11 is 0. The fourth-order valence-corrected chi connectivity index (χ4v) is 3.51. The lowest BCUT2D eigenvalue weighted by atomic mass is 9.73. The van der Waals surface area contributed by atoms with Crippen LogP contribution in [0.5, 0.6) is 0 Å². The first-order valence-corrected chi connectivity index (χ1v) is 9.22. The fraction of sp³-hybridized carbons (Fsp3) is 0.650. The highest BCUT2D eigenvalue weighted by Gasteiger charge is 2.42. The molecular weight excluding hydrogens is 302 g/mol. The van der Waals surface area contributed by atoms with Crippen LogP contribution < -0.4 is 0 Å². The van der Waals surface area contributed by atoms with Crippen LogP contribution in [0.1, 0.15) is 104 Å². The highest BCUT2D eigenvalue weighted by atomic mass is 16.5. The van der Waals surface area contributed by atoms with Crippen LogP contribution in [0.25, 0.3) is 0 Å². The van der Waals surface area contributed by atoms with Crippen molar-refractivity contribution in [2.45, 2.75) is 79.8 Å². The van der Waals surface area contributed by atoms with Crippen LogP contribution in [0.4, 0.5) is 0 Å². The minimum absolute atomic E-state index is 0.0460. The molecule has 0 atom stereocenters. The molecule has 1 fully saturated rings. The zero-order valence-corrected chi connectivity index (χ0v) is 15.8. The van der Waals surface area contributed by atoms with Gasteiger partial charge in [-0.2, -0.15) is 0 Å². The maximum absolute atomic E-state index is 12.6. The monoisotopic (exact) mass is 331 g/mol. The molecule has 2 heterocycles. The van der Waals surface area contributed by atoms with E-state index < -0.39 is 0 Å². The Morgan fingerprint density at radius 1 is 0.958 bits per heavy atom. The molecule has 1 aromatic heterocycles. The van der Waals surface area contributed by atoms with Gasteiger partial charge in [-0.3, -0.25) is 9.78 Å². The second-order valence-corrected chi connectivity index (χ2v) is 6.96. The lowest BCUT2D eigenvalue weighted by molar-refractivity contribution is 0.0532. The number of nitrogens with zero attached hydrogens (tertiary/aromatic N) is 1. The third-order valence-electron chi connectivity index (χ3n) is 4.48. The first-order valence-electron chi connectivity index (χ1n) is 9.22. The Balaban J connectivity index is 0.000000487. The minimum Gasteiger partial charge on any atom is -0.455 e. The van der Waals surface area contributed by atoms with Gasteiger partial charge in [0.1, 0.15) is 6.61 Å². The summed E-state index contributed by atoms with van der Waals surface area (Å²) in [6.07, 6.45) is 3.46. The van der Waals surface area contributed by atoms with Crippen LogP contribution in [-0.2, 0) is 17.8 Å². The number of aromatic nitrogens is 1. The average Bonchev–Trinajstić information content (AvgIpc) is 3.33. The van der Waals surface area contributed by atoms with Crippen molar-refractivity contribution in [2.24, 2.45) is 5.41 Å². The van der Waals surface area contributed by atoms with Crippen LogP contribution in [-0.4, -0.2) is 16.7 Å². The molecule has 1 saturated carbocycles. The van der Waals surface area contributed by atoms with Gasteiger partial charge in [0.15, 0.2) is 5.78 Å². The second-order valence-electron chi connectivity index (χ2n) is 6.96. The van der Waals surface area contributed by atoms with E-state index in [9.17, 15) is 9.59 Å². The number of ketones is 1. The Bertz CT molecular complexity index is 657. The maximum atomic E-state index is 12.6. The molecule has 0 unspecified atom stereocenters. The summed E-state index contributed by atoms with van der Waals surface area (Å²) < 4.78 is 5.14.